The number of Topliss-reactive ketones (excluding diaryl/α,β-unsaturated/α-hetero) is 1. The maximum Gasteiger partial charge on any atom is 0.316 e. The molecule has 7 heteroatoms. The van der Waals surface area contributed by atoms with E-state index < -0.39 is 11.9 Å². The lowest BCUT2D eigenvalue weighted by Crippen LogP contribution is -2.39. The van der Waals surface area contributed by atoms with E-state index in [0.29, 0.717) is 38.5 Å². The van der Waals surface area contributed by atoms with Crippen molar-refractivity contribution in [3.63, 3.8) is 0 Å². The van der Waals surface area contributed by atoms with Gasteiger partial charge in [0, 0.05) is 19.3 Å². The van der Waals surface area contributed by atoms with Gasteiger partial charge in [-0.25, -0.2) is 0 Å². The Balaban J connectivity index is 0.000000718. The molecule has 0 amide bonds. The number of benzene rings is 2. The van der Waals surface area contributed by atoms with E-state index >= 15 is 0 Å². The number of ether oxygens (including phenoxy) is 3. The number of esters is 3. The first-order valence-corrected chi connectivity index (χ1v) is 14.9. The fourth-order valence-corrected chi connectivity index (χ4v) is 4.91. The first kappa shape index (κ1) is 38.5. The predicted molar refractivity (Wildman–Crippen MR) is 167 cm³/mol. The van der Waals surface area contributed by atoms with Crippen LogP contribution in [0.3, 0.4) is 0 Å². The molecule has 0 spiro atoms. The Kier molecular flexibility index (Phi) is 18.7. The summed E-state index contributed by atoms with van der Waals surface area (Å²) in [7, 11) is 4.11. The van der Waals surface area contributed by atoms with Crippen molar-refractivity contribution in [3.05, 3.63) is 71.8 Å². The zero-order valence-corrected chi connectivity index (χ0v) is 27.2. The van der Waals surface area contributed by atoms with Crippen LogP contribution in [0.15, 0.2) is 60.7 Å². The lowest BCUT2D eigenvalue weighted by atomic mass is 9.66. The van der Waals surface area contributed by atoms with Crippen LogP contribution in [-0.2, 0) is 44.2 Å². The molecule has 0 aliphatic heterocycles. The summed E-state index contributed by atoms with van der Waals surface area (Å²) < 4.78 is 14.1. The minimum Gasteiger partial charge on any atom is -0.469 e. The molecule has 2 atom stereocenters. The summed E-state index contributed by atoms with van der Waals surface area (Å²) in [4.78, 5) is 46.2. The van der Waals surface area contributed by atoms with Gasteiger partial charge in [-0.05, 0) is 47.6 Å². The van der Waals surface area contributed by atoms with Gasteiger partial charge in [0.1, 0.15) is 11.7 Å². The number of ketones is 1. The molecule has 2 unspecified atom stereocenters. The average molecular weight is 585 g/mol. The molecule has 1 aliphatic rings. The van der Waals surface area contributed by atoms with E-state index in [9.17, 15) is 19.2 Å². The highest BCUT2D eigenvalue weighted by atomic mass is 16.5. The second-order valence-corrected chi connectivity index (χ2v) is 10.3. The Bertz CT molecular complexity index is 1040. The molecule has 0 aromatic heterocycles. The molecule has 1 fully saturated rings. The molecule has 42 heavy (non-hydrogen) atoms. The molecule has 7 nitrogen and oxygen atoms in total. The third-order valence-electron chi connectivity index (χ3n) is 7.61. The normalized spacial score (nSPS) is 17.5. The van der Waals surface area contributed by atoms with E-state index in [1.807, 2.05) is 76.2 Å². The summed E-state index contributed by atoms with van der Waals surface area (Å²) in [6.07, 6.45) is 3.74. The van der Waals surface area contributed by atoms with Crippen LogP contribution in [0.4, 0.5) is 0 Å². The summed E-state index contributed by atoms with van der Waals surface area (Å²) in [5.74, 6) is -1.46. The molecule has 2 aromatic rings. The van der Waals surface area contributed by atoms with Gasteiger partial charge in [-0.15, -0.1) is 0 Å². The number of rotatable bonds is 9. The third-order valence-corrected chi connectivity index (χ3v) is 7.61. The molecule has 234 valence electrons. The van der Waals surface area contributed by atoms with Gasteiger partial charge < -0.3 is 14.2 Å². The Morgan fingerprint density at radius 1 is 0.786 bits per heavy atom. The maximum absolute atomic E-state index is 11.8. The van der Waals surface area contributed by atoms with Crippen LogP contribution in [0.5, 0.6) is 0 Å². The van der Waals surface area contributed by atoms with Gasteiger partial charge in [0.2, 0.25) is 0 Å². The van der Waals surface area contributed by atoms with Crippen LogP contribution in [-0.4, -0.2) is 45.0 Å². The van der Waals surface area contributed by atoms with Gasteiger partial charge in [0.05, 0.1) is 21.3 Å². The summed E-state index contributed by atoms with van der Waals surface area (Å²) >= 11 is 0. The summed E-state index contributed by atoms with van der Waals surface area (Å²) in [6.45, 7) is 12.2. The predicted octanol–water partition coefficient (Wildman–Crippen LogP) is 7.39. The van der Waals surface area contributed by atoms with E-state index in [0.717, 1.165) is 12.0 Å². The Hall–Kier alpha value is -3.48. The lowest BCUT2D eigenvalue weighted by Gasteiger charge is -2.36. The Morgan fingerprint density at radius 2 is 1.24 bits per heavy atom. The molecule has 1 aliphatic carbocycles. The minimum absolute atomic E-state index is 0.00950. The maximum atomic E-state index is 11.8. The third kappa shape index (κ3) is 12.2. The zero-order chi connectivity index (χ0) is 32.2. The van der Waals surface area contributed by atoms with Crippen LogP contribution >= 0.6 is 0 Å². The van der Waals surface area contributed by atoms with Crippen molar-refractivity contribution in [2.45, 2.75) is 97.3 Å². The van der Waals surface area contributed by atoms with Crippen molar-refractivity contribution in [2.75, 3.05) is 21.3 Å². The van der Waals surface area contributed by atoms with Crippen LogP contribution in [0.1, 0.15) is 97.6 Å². The molecule has 1 saturated carbocycles. The highest BCUT2D eigenvalue weighted by Crippen LogP contribution is 2.40. The van der Waals surface area contributed by atoms with E-state index in [4.69, 9.17) is 14.2 Å². The minimum atomic E-state index is -0.603. The van der Waals surface area contributed by atoms with E-state index in [-0.39, 0.29) is 28.6 Å². The number of methoxy groups -OCH3 is 3. The zero-order valence-electron chi connectivity index (χ0n) is 27.2. The van der Waals surface area contributed by atoms with Crippen molar-refractivity contribution in [2.24, 2.45) is 5.92 Å². The SMILES string of the molecule is CC.CC.COC(=O)C1CC(C)(c2ccccc2)CCC1=O.COC(=O)CCC(C)(CCC(=O)OC)c1ccccc1. The van der Waals surface area contributed by atoms with Crippen molar-refractivity contribution < 1.29 is 33.4 Å². The largest absolute Gasteiger partial charge is 0.469 e. The van der Waals surface area contributed by atoms with Crippen molar-refractivity contribution in [1.82, 2.24) is 0 Å². The number of hydrogen-bond acceptors (Lipinski definition) is 7. The van der Waals surface area contributed by atoms with E-state index in [1.54, 1.807) is 0 Å². The van der Waals surface area contributed by atoms with Gasteiger partial charge in [-0.2, -0.15) is 0 Å². The number of carbonyl (C=O) groups is 4. The van der Waals surface area contributed by atoms with Gasteiger partial charge in [0.15, 0.2) is 0 Å². The Labute approximate surface area is 253 Å². The molecular formula is C35H52O7. The fourth-order valence-electron chi connectivity index (χ4n) is 4.91. The van der Waals surface area contributed by atoms with E-state index in [1.165, 1.54) is 26.9 Å². The standard InChI is InChI=1S/C16H22O4.C15H18O3.2C2H6/c1-16(11-9-14(17)19-2,12-10-15(18)20-3)13-7-5-4-6-8-13;1-15(11-6-4-3-5-7-11)9-8-13(16)12(10-15)14(17)18-2;2*1-2/h4-8H,9-12H2,1-3H3;3-7,12H,8-10H2,1-2H3;2*1-2H3. The molecule has 0 saturated heterocycles. The number of carbonyl (C=O) groups excluding carboxylic acids is 4. The van der Waals surface area contributed by atoms with E-state index in [2.05, 4.69) is 26.0 Å². The van der Waals surface area contributed by atoms with Crippen LogP contribution in [0, 0.1) is 5.92 Å². The average Bonchev–Trinajstić information content (AvgIpc) is 3.06. The first-order valence-electron chi connectivity index (χ1n) is 14.9. The first-order chi connectivity index (χ1) is 20.1. The summed E-state index contributed by atoms with van der Waals surface area (Å²) in [6, 6.07) is 20.0. The molecule has 2 aromatic carbocycles. The molecule has 0 bridgehead atoms. The van der Waals surface area contributed by atoms with Gasteiger partial charge in [-0.1, -0.05) is 102 Å². The molecule has 0 radical (unpaired) electrons. The molecule has 0 N–H and O–H groups in total. The van der Waals surface area contributed by atoms with Crippen LogP contribution in [0.25, 0.3) is 0 Å². The van der Waals surface area contributed by atoms with Gasteiger partial charge in [-0.3, -0.25) is 19.2 Å². The highest BCUT2D eigenvalue weighted by Gasteiger charge is 2.41. The van der Waals surface area contributed by atoms with Crippen molar-refractivity contribution in [1.29, 1.82) is 0 Å². The fraction of sp³-hybridized carbons (Fsp3) is 0.543. The smallest absolute Gasteiger partial charge is 0.316 e. The monoisotopic (exact) mass is 584 g/mol. The van der Waals surface area contributed by atoms with Gasteiger partial charge in [0.25, 0.3) is 0 Å². The van der Waals surface area contributed by atoms with Crippen molar-refractivity contribution >= 4 is 23.7 Å². The second-order valence-electron chi connectivity index (χ2n) is 10.3. The van der Waals surface area contributed by atoms with Crippen LogP contribution < -0.4 is 0 Å². The Morgan fingerprint density at radius 3 is 1.67 bits per heavy atom. The van der Waals surface area contributed by atoms with Crippen LogP contribution in [0.2, 0.25) is 0 Å². The van der Waals surface area contributed by atoms with Gasteiger partial charge >= 0.3 is 17.9 Å². The summed E-state index contributed by atoms with van der Waals surface area (Å²) in [5, 5.41) is 0. The van der Waals surface area contributed by atoms with Crippen molar-refractivity contribution in [3.8, 4) is 0 Å². The lowest BCUT2D eigenvalue weighted by molar-refractivity contribution is -0.152. The topological polar surface area (TPSA) is 96.0 Å². The summed E-state index contributed by atoms with van der Waals surface area (Å²) in [5.41, 5.74) is 1.94. The highest BCUT2D eigenvalue weighted by molar-refractivity contribution is 5.99. The molecule has 3 rings (SSSR count). The second kappa shape index (κ2) is 20.4. The molecular weight excluding hydrogens is 532 g/mol. The quantitative estimate of drug-likeness (QED) is 0.172. The number of hydrogen-bond donors (Lipinski definition) is 0. The molecule has 0 heterocycles.